The molecule has 0 spiro atoms. The molecule has 2 atom stereocenters. The van der Waals surface area contributed by atoms with E-state index < -0.39 is 26.5 Å². The highest BCUT2D eigenvalue weighted by atomic mass is 31.2. The Balaban J connectivity index is 4.12. The molecule has 0 saturated heterocycles. The van der Waals surface area contributed by atoms with Crippen LogP contribution in [0.3, 0.4) is 0 Å². The topological polar surface area (TPSA) is 108 Å². The quantitative estimate of drug-likeness (QED) is 0.0211. The lowest BCUT2D eigenvalue weighted by Crippen LogP contribution is -2.37. The van der Waals surface area contributed by atoms with Crippen molar-refractivity contribution in [2.75, 3.05) is 47.5 Å². The SMILES string of the molecule is CC/C=C\C/C=C\C/C=C\C/C=C\C/C=C\C/C=C\C/C=C\C/C=C\C/C=C\C/C=C\CCCCCCC(=O)OC(COC(=O)CCCCCCCCCCCCCCCCCCCCC/C=C\CCCCCCCCCC)COP(=O)(O)OCC[N+](C)(C)C. The third kappa shape index (κ3) is 73.2. The van der Waals surface area contributed by atoms with E-state index in [-0.39, 0.29) is 32.0 Å². The second kappa shape index (κ2) is 69.5. The molecule has 0 amide bonds. The molecule has 1 N–H and O–H groups in total. The molecule has 0 aliphatic rings. The highest BCUT2D eigenvalue weighted by Gasteiger charge is 2.27. The molecule has 0 saturated carbocycles. The average molecular weight is 1270 g/mol. The summed E-state index contributed by atoms with van der Waals surface area (Å²) in [5, 5.41) is 0. The van der Waals surface area contributed by atoms with Crippen LogP contribution in [0.4, 0.5) is 0 Å². The van der Waals surface area contributed by atoms with Gasteiger partial charge in [-0.25, -0.2) is 4.57 Å². The van der Waals surface area contributed by atoms with Crippen LogP contribution in [-0.4, -0.2) is 74.9 Å². The monoisotopic (exact) mass is 1270 g/mol. The Morgan fingerprint density at radius 2 is 0.633 bits per heavy atom. The summed E-state index contributed by atoms with van der Waals surface area (Å²) < 4.78 is 34.7. The fourth-order valence-corrected chi connectivity index (χ4v) is 10.8. The molecular formula is C80H139NO8P+. The minimum absolute atomic E-state index is 0.0207. The first kappa shape index (κ1) is 86.2. The van der Waals surface area contributed by atoms with E-state index in [1.807, 2.05) is 21.1 Å². The van der Waals surface area contributed by atoms with Crippen molar-refractivity contribution >= 4 is 19.8 Å². The molecule has 0 aromatic carbocycles. The largest absolute Gasteiger partial charge is 0.472 e. The molecule has 0 rings (SSSR count). The highest BCUT2D eigenvalue weighted by Crippen LogP contribution is 2.43. The summed E-state index contributed by atoms with van der Waals surface area (Å²) in [6, 6.07) is 0. The van der Waals surface area contributed by atoms with E-state index in [2.05, 4.69) is 148 Å². The molecule has 9 nitrogen and oxygen atoms in total. The van der Waals surface area contributed by atoms with Gasteiger partial charge in [0.2, 0.25) is 0 Å². The van der Waals surface area contributed by atoms with Crippen LogP contribution in [-0.2, 0) is 32.7 Å². The van der Waals surface area contributed by atoms with Crippen molar-refractivity contribution < 1.29 is 42.1 Å². The Morgan fingerprint density at radius 1 is 0.356 bits per heavy atom. The van der Waals surface area contributed by atoms with Crippen LogP contribution >= 0.6 is 7.82 Å². The van der Waals surface area contributed by atoms with Crippen molar-refractivity contribution in [2.24, 2.45) is 0 Å². The van der Waals surface area contributed by atoms with Crippen LogP contribution in [0.2, 0.25) is 0 Å². The van der Waals surface area contributed by atoms with Crippen molar-refractivity contribution in [3.8, 4) is 0 Å². The first-order valence-corrected chi connectivity index (χ1v) is 38.4. The third-order valence-corrected chi connectivity index (χ3v) is 16.6. The molecule has 10 heteroatoms. The first-order valence-electron chi connectivity index (χ1n) is 36.9. The Kier molecular flexibility index (Phi) is 66.5. The summed E-state index contributed by atoms with van der Waals surface area (Å²) in [6.45, 7) is 4.31. The summed E-state index contributed by atoms with van der Waals surface area (Å²) >= 11 is 0. The number of unbranched alkanes of at least 4 members (excludes halogenated alkanes) is 31. The minimum Gasteiger partial charge on any atom is -0.462 e. The maximum absolute atomic E-state index is 12.9. The van der Waals surface area contributed by atoms with Gasteiger partial charge >= 0.3 is 19.8 Å². The van der Waals surface area contributed by atoms with Crippen LogP contribution in [0.25, 0.3) is 0 Å². The first-order chi connectivity index (χ1) is 44.0. The molecule has 0 aliphatic carbocycles. The van der Waals surface area contributed by atoms with E-state index in [0.29, 0.717) is 17.4 Å². The number of carbonyl (C=O) groups excluding carboxylic acids is 2. The van der Waals surface area contributed by atoms with Gasteiger partial charge in [-0.15, -0.1) is 0 Å². The number of hydrogen-bond donors (Lipinski definition) is 1. The number of allylic oxidation sites excluding steroid dienone is 22. The van der Waals surface area contributed by atoms with E-state index in [1.165, 1.54) is 167 Å². The average Bonchev–Trinajstić information content (AvgIpc) is 3.61. The Bertz CT molecular complexity index is 1980. The molecule has 0 fully saturated rings. The normalized spacial score (nSPS) is 13.9. The Morgan fingerprint density at radius 3 is 0.956 bits per heavy atom. The van der Waals surface area contributed by atoms with Gasteiger partial charge in [0.05, 0.1) is 27.7 Å². The lowest BCUT2D eigenvalue weighted by Gasteiger charge is -2.24. The number of carbonyl (C=O) groups is 2. The predicted molar refractivity (Wildman–Crippen MR) is 390 cm³/mol. The third-order valence-electron chi connectivity index (χ3n) is 15.7. The zero-order valence-corrected chi connectivity index (χ0v) is 59.7. The number of rotatable bonds is 67. The summed E-state index contributed by atoms with van der Waals surface area (Å²) in [5.74, 6) is -0.825. The molecular weight excluding hydrogens is 1130 g/mol. The van der Waals surface area contributed by atoms with Crippen LogP contribution < -0.4 is 0 Å². The van der Waals surface area contributed by atoms with Gasteiger partial charge in [-0.1, -0.05) is 314 Å². The van der Waals surface area contributed by atoms with Gasteiger partial charge in [0.25, 0.3) is 0 Å². The number of esters is 2. The van der Waals surface area contributed by atoms with Crippen molar-refractivity contribution in [3.63, 3.8) is 0 Å². The zero-order valence-electron chi connectivity index (χ0n) is 58.8. The van der Waals surface area contributed by atoms with Gasteiger partial charge in [-0.2, -0.15) is 0 Å². The molecule has 90 heavy (non-hydrogen) atoms. The summed E-state index contributed by atoms with van der Waals surface area (Å²) in [4.78, 5) is 35.9. The molecule has 2 unspecified atom stereocenters. The molecule has 0 aromatic rings. The fraction of sp³-hybridized carbons (Fsp3) is 0.700. The van der Waals surface area contributed by atoms with Gasteiger partial charge in [0.15, 0.2) is 6.10 Å². The van der Waals surface area contributed by atoms with Gasteiger partial charge < -0.3 is 18.9 Å². The fourth-order valence-electron chi connectivity index (χ4n) is 10.0. The number of phosphoric ester groups is 1. The number of likely N-dealkylation sites (N-methyl/N-ethyl adjacent to an activating group) is 1. The second-order valence-corrected chi connectivity index (χ2v) is 27.0. The summed E-state index contributed by atoms with van der Waals surface area (Å²) in [6.07, 6.45) is 101. The van der Waals surface area contributed by atoms with Crippen LogP contribution in [0.1, 0.15) is 309 Å². The maximum atomic E-state index is 12.9. The standard InChI is InChI=1S/C80H138NO8P/c1-6-8-10-12-14-16-18-20-22-24-26-28-30-32-34-36-38-39-40-41-43-45-47-49-51-53-55-57-59-61-63-65-67-69-71-73-80(83)89-78(77-88-90(84,85)87-75-74-81(3,4)5)76-86-79(82)72-70-68-66-64-62-60-58-56-54-52-50-48-46-44-42-37-35-33-31-29-27-25-23-21-19-17-15-13-11-9-7-2/h8,10,14,16,20,22,25-28,32,34,38-39,41,43,47,49,53,55,59,61,78H,6-7,9,11-13,15,17-19,21,23-24,29-31,33,35-37,40,42,44-46,48,50-52,54,56-58,60,62-77H2,1-5H3/p+1/b10-8-,16-14-,22-20-,27-25-,28-26-,34-32-,39-38-,43-41-,49-47-,55-53-,61-59-. The van der Waals surface area contributed by atoms with E-state index in [9.17, 15) is 19.0 Å². The second-order valence-electron chi connectivity index (χ2n) is 25.6. The van der Waals surface area contributed by atoms with Crippen molar-refractivity contribution in [2.45, 2.75) is 315 Å². The van der Waals surface area contributed by atoms with Crippen molar-refractivity contribution in [1.82, 2.24) is 0 Å². The lowest BCUT2D eigenvalue weighted by atomic mass is 10.0. The summed E-state index contributed by atoms with van der Waals surface area (Å²) in [5.41, 5.74) is 0. The number of hydrogen-bond acceptors (Lipinski definition) is 7. The maximum Gasteiger partial charge on any atom is 0.472 e. The van der Waals surface area contributed by atoms with Gasteiger partial charge in [-0.3, -0.25) is 18.6 Å². The van der Waals surface area contributed by atoms with Gasteiger partial charge in [-0.05, 0) is 116 Å². The van der Waals surface area contributed by atoms with E-state index in [1.54, 1.807) is 0 Å². The zero-order chi connectivity index (χ0) is 65.5. The summed E-state index contributed by atoms with van der Waals surface area (Å²) in [7, 11) is 1.45. The van der Waals surface area contributed by atoms with E-state index in [0.717, 1.165) is 109 Å². The smallest absolute Gasteiger partial charge is 0.462 e. The molecule has 0 bridgehead atoms. The Labute approximate surface area is 555 Å². The van der Waals surface area contributed by atoms with Gasteiger partial charge in [0.1, 0.15) is 19.8 Å². The van der Waals surface area contributed by atoms with Crippen LogP contribution in [0, 0.1) is 0 Å². The molecule has 0 aliphatic heterocycles. The molecule has 0 aromatic heterocycles. The van der Waals surface area contributed by atoms with E-state index >= 15 is 0 Å². The van der Waals surface area contributed by atoms with E-state index in [4.69, 9.17) is 18.5 Å². The Hall–Kier alpha value is -3.85. The minimum atomic E-state index is -4.41. The van der Waals surface area contributed by atoms with Gasteiger partial charge in [0, 0.05) is 12.8 Å². The molecule has 0 heterocycles. The molecule has 0 radical (unpaired) electrons. The number of nitrogens with zero attached hydrogens (tertiary/aromatic N) is 1. The predicted octanol–water partition coefficient (Wildman–Crippen LogP) is 24.4. The highest BCUT2D eigenvalue weighted by molar-refractivity contribution is 7.47. The number of phosphoric acid groups is 1. The number of quaternary nitrogens is 1. The van der Waals surface area contributed by atoms with Crippen molar-refractivity contribution in [1.29, 1.82) is 0 Å². The lowest BCUT2D eigenvalue weighted by molar-refractivity contribution is -0.870. The van der Waals surface area contributed by atoms with Crippen LogP contribution in [0.5, 0.6) is 0 Å². The van der Waals surface area contributed by atoms with Crippen LogP contribution in [0.15, 0.2) is 134 Å². The number of ether oxygens (including phenoxy) is 2. The van der Waals surface area contributed by atoms with Crippen molar-refractivity contribution in [3.05, 3.63) is 134 Å². The molecule has 516 valence electrons.